The van der Waals surface area contributed by atoms with Gasteiger partial charge in [0.2, 0.25) is 0 Å². The standard InChI is InChI=1S/C15H21Cl2N/c1-3-5-11-8-15(9-11,10-18-2)14-12(16)6-4-7-13(14)17/h4,6-7,11,18H,3,5,8-10H2,1-2H3. The zero-order valence-corrected chi connectivity index (χ0v) is 12.6. The van der Waals surface area contributed by atoms with Gasteiger partial charge in [-0.3, -0.25) is 0 Å². The Hall–Kier alpha value is -0.240. The highest BCUT2D eigenvalue weighted by Gasteiger charge is 2.46. The Balaban J connectivity index is 2.27. The molecule has 1 aliphatic rings. The lowest BCUT2D eigenvalue weighted by Crippen LogP contribution is -2.48. The molecule has 1 fully saturated rings. The molecule has 0 atom stereocenters. The summed E-state index contributed by atoms with van der Waals surface area (Å²) in [5.74, 6) is 0.829. The Bertz CT molecular complexity index is 391. The highest BCUT2D eigenvalue weighted by atomic mass is 35.5. The van der Waals surface area contributed by atoms with Crippen LogP contribution >= 0.6 is 23.2 Å². The maximum atomic E-state index is 6.37. The van der Waals surface area contributed by atoms with E-state index in [1.165, 1.54) is 25.7 Å². The fourth-order valence-electron chi connectivity index (χ4n) is 3.44. The molecule has 0 aliphatic heterocycles. The van der Waals surface area contributed by atoms with E-state index in [1.54, 1.807) is 0 Å². The van der Waals surface area contributed by atoms with E-state index in [-0.39, 0.29) is 5.41 Å². The minimum atomic E-state index is 0.143. The van der Waals surface area contributed by atoms with Crippen molar-refractivity contribution in [2.45, 2.75) is 38.0 Å². The fraction of sp³-hybridized carbons (Fsp3) is 0.600. The van der Waals surface area contributed by atoms with Gasteiger partial charge >= 0.3 is 0 Å². The van der Waals surface area contributed by atoms with Crippen LogP contribution in [0.3, 0.4) is 0 Å². The Morgan fingerprint density at radius 2 is 1.89 bits per heavy atom. The summed E-state index contributed by atoms with van der Waals surface area (Å²) in [6, 6.07) is 5.82. The van der Waals surface area contributed by atoms with Gasteiger partial charge in [0.15, 0.2) is 0 Å². The van der Waals surface area contributed by atoms with Crippen LogP contribution in [0.1, 0.15) is 38.2 Å². The Morgan fingerprint density at radius 3 is 2.39 bits per heavy atom. The van der Waals surface area contributed by atoms with Crippen LogP contribution in [-0.4, -0.2) is 13.6 Å². The molecule has 1 N–H and O–H groups in total. The second-order valence-corrected chi connectivity index (χ2v) is 6.28. The molecule has 0 saturated heterocycles. The Kier molecular flexibility index (Phi) is 4.58. The molecule has 1 aromatic carbocycles. The summed E-state index contributed by atoms with van der Waals surface area (Å²) in [6.07, 6.45) is 4.97. The van der Waals surface area contributed by atoms with E-state index < -0.39 is 0 Å². The van der Waals surface area contributed by atoms with E-state index in [9.17, 15) is 0 Å². The summed E-state index contributed by atoms with van der Waals surface area (Å²) in [5.41, 5.74) is 1.29. The number of hydrogen-bond donors (Lipinski definition) is 1. The maximum absolute atomic E-state index is 6.37. The lowest BCUT2D eigenvalue weighted by atomic mass is 9.57. The summed E-state index contributed by atoms with van der Waals surface area (Å²) in [5, 5.41) is 4.93. The molecule has 1 saturated carbocycles. The van der Waals surface area contributed by atoms with Gasteiger partial charge in [0, 0.05) is 22.0 Å². The summed E-state index contributed by atoms with van der Waals surface area (Å²) < 4.78 is 0. The molecule has 0 aromatic heterocycles. The van der Waals surface area contributed by atoms with Crippen LogP contribution in [0, 0.1) is 5.92 Å². The van der Waals surface area contributed by atoms with Gasteiger partial charge < -0.3 is 5.32 Å². The number of benzene rings is 1. The van der Waals surface area contributed by atoms with Gasteiger partial charge in [0.25, 0.3) is 0 Å². The first-order chi connectivity index (χ1) is 8.63. The van der Waals surface area contributed by atoms with Crippen LogP contribution < -0.4 is 5.32 Å². The van der Waals surface area contributed by atoms with Crippen LogP contribution in [0.2, 0.25) is 10.0 Å². The number of hydrogen-bond acceptors (Lipinski definition) is 1. The molecule has 0 bridgehead atoms. The first kappa shape index (κ1) is 14.2. The molecule has 3 heteroatoms. The summed E-state index contributed by atoms with van der Waals surface area (Å²) in [4.78, 5) is 0. The third-order valence-corrected chi connectivity index (χ3v) is 4.69. The number of rotatable bonds is 5. The fourth-order valence-corrected chi connectivity index (χ4v) is 4.24. The van der Waals surface area contributed by atoms with Gasteiger partial charge in [-0.05, 0) is 43.5 Å². The van der Waals surface area contributed by atoms with Crippen molar-refractivity contribution in [3.05, 3.63) is 33.8 Å². The topological polar surface area (TPSA) is 12.0 Å². The van der Waals surface area contributed by atoms with E-state index in [1.807, 2.05) is 25.2 Å². The molecule has 0 spiro atoms. The zero-order valence-electron chi connectivity index (χ0n) is 11.1. The third kappa shape index (κ3) is 2.54. The van der Waals surface area contributed by atoms with E-state index >= 15 is 0 Å². The molecule has 0 heterocycles. The number of nitrogens with one attached hydrogen (secondary N) is 1. The molecule has 1 aliphatic carbocycles. The number of halogens is 2. The SMILES string of the molecule is CCCC1CC(CNC)(c2c(Cl)cccc2Cl)C1. The van der Waals surface area contributed by atoms with E-state index in [0.717, 1.165) is 28.1 Å². The van der Waals surface area contributed by atoms with Gasteiger partial charge in [-0.25, -0.2) is 0 Å². The molecular weight excluding hydrogens is 265 g/mol. The lowest BCUT2D eigenvalue weighted by molar-refractivity contribution is 0.131. The van der Waals surface area contributed by atoms with Gasteiger partial charge in [-0.15, -0.1) is 0 Å². The van der Waals surface area contributed by atoms with Gasteiger partial charge in [-0.1, -0.05) is 49.0 Å². The van der Waals surface area contributed by atoms with Gasteiger partial charge in [0.1, 0.15) is 0 Å². The van der Waals surface area contributed by atoms with Gasteiger partial charge in [-0.2, -0.15) is 0 Å². The van der Waals surface area contributed by atoms with Crippen molar-refractivity contribution >= 4 is 23.2 Å². The summed E-state index contributed by atoms with van der Waals surface area (Å²) >= 11 is 12.7. The predicted octanol–water partition coefficient (Wildman–Crippen LogP) is 4.66. The molecular formula is C15H21Cl2N. The minimum Gasteiger partial charge on any atom is -0.319 e. The van der Waals surface area contributed by atoms with Crippen LogP contribution in [0.4, 0.5) is 0 Å². The monoisotopic (exact) mass is 285 g/mol. The van der Waals surface area contributed by atoms with Crippen molar-refractivity contribution in [2.75, 3.05) is 13.6 Å². The molecule has 100 valence electrons. The lowest BCUT2D eigenvalue weighted by Gasteiger charge is -2.49. The first-order valence-electron chi connectivity index (χ1n) is 6.72. The van der Waals surface area contributed by atoms with Crippen LogP contribution in [0.25, 0.3) is 0 Å². The van der Waals surface area contributed by atoms with Gasteiger partial charge in [0.05, 0.1) is 0 Å². The third-order valence-electron chi connectivity index (χ3n) is 4.06. The van der Waals surface area contributed by atoms with Crippen LogP contribution in [0.5, 0.6) is 0 Å². The summed E-state index contributed by atoms with van der Waals surface area (Å²) in [7, 11) is 2.00. The van der Waals surface area contributed by atoms with Crippen molar-refractivity contribution in [2.24, 2.45) is 5.92 Å². The first-order valence-corrected chi connectivity index (χ1v) is 7.47. The normalized spacial score (nSPS) is 27.0. The van der Waals surface area contributed by atoms with Crippen molar-refractivity contribution in [1.82, 2.24) is 5.32 Å². The molecule has 18 heavy (non-hydrogen) atoms. The van der Waals surface area contributed by atoms with Crippen molar-refractivity contribution in [1.29, 1.82) is 0 Å². The van der Waals surface area contributed by atoms with E-state index in [0.29, 0.717) is 0 Å². The Morgan fingerprint density at radius 1 is 1.28 bits per heavy atom. The molecule has 0 unspecified atom stereocenters. The summed E-state index contributed by atoms with van der Waals surface area (Å²) in [6.45, 7) is 3.21. The molecule has 0 amide bonds. The van der Waals surface area contributed by atoms with E-state index in [4.69, 9.17) is 23.2 Å². The second kappa shape index (κ2) is 5.81. The average Bonchev–Trinajstić information content (AvgIpc) is 2.27. The predicted molar refractivity (Wildman–Crippen MR) is 79.7 cm³/mol. The van der Waals surface area contributed by atoms with Crippen molar-refractivity contribution in [3.63, 3.8) is 0 Å². The quantitative estimate of drug-likeness (QED) is 0.830. The Labute approximate surface area is 120 Å². The van der Waals surface area contributed by atoms with Crippen molar-refractivity contribution < 1.29 is 0 Å². The van der Waals surface area contributed by atoms with Crippen molar-refractivity contribution in [3.8, 4) is 0 Å². The molecule has 2 rings (SSSR count). The highest BCUT2D eigenvalue weighted by Crippen LogP contribution is 2.52. The van der Waals surface area contributed by atoms with Crippen LogP contribution in [0.15, 0.2) is 18.2 Å². The molecule has 0 radical (unpaired) electrons. The van der Waals surface area contributed by atoms with E-state index in [2.05, 4.69) is 12.2 Å². The number of likely N-dealkylation sites (N-methyl/N-ethyl adjacent to an activating group) is 1. The molecule has 1 nitrogen and oxygen atoms in total. The smallest absolute Gasteiger partial charge is 0.0459 e. The molecule has 1 aromatic rings. The second-order valence-electron chi connectivity index (χ2n) is 5.47. The maximum Gasteiger partial charge on any atom is 0.0459 e. The zero-order chi connectivity index (χ0) is 13.2. The largest absolute Gasteiger partial charge is 0.319 e. The average molecular weight is 286 g/mol. The van der Waals surface area contributed by atoms with Crippen LogP contribution in [-0.2, 0) is 5.41 Å². The minimum absolute atomic E-state index is 0.143. The highest BCUT2D eigenvalue weighted by molar-refractivity contribution is 6.36.